The number of rotatable bonds is 6. The molecule has 2 aromatic rings. The van der Waals surface area contributed by atoms with Crippen molar-refractivity contribution >= 4 is 40.8 Å². The second-order valence-electron chi connectivity index (χ2n) is 4.88. The predicted octanol–water partition coefficient (Wildman–Crippen LogP) is 3.99. The molecule has 0 heterocycles. The lowest BCUT2D eigenvalue weighted by molar-refractivity contribution is -0.136. The summed E-state index contributed by atoms with van der Waals surface area (Å²) in [5.41, 5.74) is 3.85. The van der Waals surface area contributed by atoms with E-state index in [9.17, 15) is 9.59 Å². The van der Waals surface area contributed by atoms with E-state index in [1.54, 1.807) is 18.2 Å². The highest BCUT2D eigenvalue weighted by atomic mass is 35.5. The van der Waals surface area contributed by atoms with Crippen LogP contribution < -0.4 is 5.43 Å². The zero-order valence-corrected chi connectivity index (χ0v) is 14.0. The summed E-state index contributed by atoms with van der Waals surface area (Å²) in [5.74, 6) is -1.44. The van der Waals surface area contributed by atoms with Crippen molar-refractivity contribution in [3.8, 4) is 0 Å². The average molecular weight is 365 g/mol. The highest BCUT2D eigenvalue weighted by Gasteiger charge is 2.12. The summed E-state index contributed by atoms with van der Waals surface area (Å²) in [6.07, 6.45) is 0.0965. The third-order valence-corrected chi connectivity index (χ3v) is 3.70. The number of carboxylic acids is 1. The molecule has 124 valence electrons. The second kappa shape index (κ2) is 8.47. The molecule has 5 nitrogen and oxygen atoms in total. The van der Waals surface area contributed by atoms with Gasteiger partial charge in [0.15, 0.2) is 0 Å². The van der Waals surface area contributed by atoms with Crippen LogP contribution in [0, 0.1) is 0 Å². The Morgan fingerprint density at radius 3 is 2.38 bits per heavy atom. The van der Waals surface area contributed by atoms with Gasteiger partial charge in [0, 0.05) is 11.4 Å². The summed E-state index contributed by atoms with van der Waals surface area (Å²) >= 11 is 11.8. The molecule has 2 aromatic carbocycles. The largest absolute Gasteiger partial charge is 0.481 e. The van der Waals surface area contributed by atoms with Gasteiger partial charge in [0.1, 0.15) is 0 Å². The summed E-state index contributed by atoms with van der Waals surface area (Å²) in [5, 5.41) is 13.6. The van der Waals surface area contributed by atoms with Crippen LogP contribution in [0.1, 0.15) is 28.8 Å². The van der Waals surface area contributed by atoms with E-state index in [1.807, 2.05) is 18.2 Å². The zero-order chi connectivity index (χ0) is 17.5. The first-order valence-corrected chi connectivity index (χ1v) is 7.82. The fourth-order valence-corrected chi connectivity index (χ4v) is 2.47. The minimum atomic E-state index is -0.939. The van der Waals surface area contributed by atoms with E-state index >= 15 is 0 Å². The molecular weight excluding hydrogens is 351 g/mol. The van der Waals surface area contributed by atoms with E-state index in [-0.39, 0.29) is 23.4 Å². The minimum Gasteiger partial charge on any atom is -0.481 e. The summed E-state index contributed by atoms with van der Waals surface area (Å²) < 4.78 is 0. The number of carbonyl (C=O) groups excluding carboxylic acids is 1. The van der Waals surface area contributed by atoms with Gasteiger partial charge in [0.05, 0.1) is 22.7 Å². The van der Waals surface area contributed by atoms with Crippen LogP contribution in [0.25, 0.3) is 0 Å². The fourth-order valence-electron chi connectivity index (χ4n) is 1.97. The molecule has 0 aliphatic carbocycles. The maximum Gasteiger partial charge on any atom is 0.303 e. The van der Waals surface area contributed by atoms with E-state index in [1.165, 1.54) is 12.1 Å². The van der Waals surface area contributed by atoms with E-state index in [2.05, 4.69) is 10.5 Å². The van der Waals surface area contributed by atoms with Crippen LogP contribution in [0.5, 0.6) is 0 Å². The van der Waals surface area contributed by atoms with Crippen molar-refractivity contribution in [1.82, 2.24) is 5.43 Å². The Bertz CT molecular complexity index is 777. The van der Waals surface area contributed by atoms with Crippen molar-refractivity contribution in [2.75, 3.05) is 0 Å². The first-order chi connectivity index (χ1) is 11.5. The molecule has 0 unspecified atom stereocenters. The predicted molar refractivity (Wildman–Crippen MR) is 93.8 cm³/mol. The van der Waals surface area contributed by atoms with Gasteiger partial charge in [0.2, 0.25) is 0 Å². The molecule has 7 heteroatoms. The Morgan fingerprint density at radius 2 is 1.75 bits per heavy atom. The quantitative estimate of drug-likeness (QED) is 0.600. The van der Waals surface area contributed by atoms with Crippen LogP contribution in [0.15, 0.2) is 53.6 Å². The minimum absolute atomic E-state index is 0.0920. The highest BCUT2D eigenvalue weighted by molar-refractivity contribution is 6.36. The molecule has 0 atom stereocenters. The topological polar surface area (TPSA) is 78.8 Å². The Hall–Kier alpha value is -2.37. The first kappa shape index (κ1) is 18.0. The molecule has 2 N–H and O–H groups in total. The lowest BCUT2D eigenvalue weighted by Crippen LogP contribution is -2.21. The Kier molecular flexibility index (Phi) is 6.35. The van der Waals surface area contributed by atoms with Gasteiger partial charge < -0.3 is 5.11 Å². The molecule has 0 aromatic heterocycles. The highest BCUT2D eigenvalue weighted by Crippen LogP contribution is 2.20. The van der Waals surface area contributed by atoms with Crippen LogP contribution in [0.4, 0.5) is 0 Å². The number of benzene rings is 2. The van der Waals surface area contributed by atoms with Crippen LogP contribution in [0.2, 0.25) is 10.0 Å². The van der Waals surface area contributed by atoms with Gasteiger partial charge in [-0.15, -0.1) is 0 Å². The van der Waals surface area contributed by atoms with Crippen LogP contribution in [-0.4, -0.2) is 22.7 Å². The van der Waals surface area contributed by atoms with Crippen molar-refractivity contribution in [2.45, 2.75) is 12.8 Å². The fraction of sp³-hybridized carbons (Fsp3) is 0.118. The molecule has 0 fully saturated rings. The maximum atomic E-state index is 12.2. The second-order valence-corrected chi connectivity index (χ2v) is 5.73. The number of nitrogens with zero attached hydrogens (tertiary/aromatic N) is 1. The lowest BCUT2D eigenvalue weighted by Gasteiger charge is -2.07. The van der Waals surface area contributed by atoms with Crippen molar-refractivity contribution in [3.05, 3.63) is 69.7 Å². The Balaban J connectivity index is 2.19. The van der Waals surface area contributed by atoms with E-state index in [0.29, 0.717) is 10.7 Å². The SMILES string of the molecule is O=C(O)CC/C(=N\NC(=O)c1ccc(Cl)cc1Cl)c1ccccc1. The Morgan fingerprint density at radius 1 is 1.04 bits per heavy atom. The monoisotopic (exact) mass is 364 g/mol. The van der Waals surface area contributed by atoms with Gasteiger partial charge in [-0.1, -0.05) is 53.5 Å². The molecule has 0 saturated carbocycles. The molecule has 0 radical (unpaired) electrons. The van der Waals surface area contributed by atoms with Gasteiger partial charge >= 0.3 is 5.97 Å². The molecule has 0 saturated heterocycles. The number of hydrogen-bond donors (Lipinski definition) is 2. The van der Waals surface area contributed by atoms with Crippen LogP contribution in [-0.2, 0) is 4.79 Å². The maximum absolute atomic E-state index is 12.2. The number of nitrogens with one attached hydrogen (secondary N) is 1. The van der Waals surface area contributed by atoms with Crippen molar-refractivity contribution in [2.24, 2.45) is 5.10 Å². The van der Waals surface area contributed by atoms with Crippen molar-refractivity contribution in [1.29, 1.82) is 0 Å². The standard InChI is InChI=1S/C17H14Cl2N2O3/c18-12-6-7-13(14(19)10-12)17(24)21-20-15(8-9-16(22)23)11-4-2-1-3-5-11/h1-7,10H,8-9H2,(H,21,24)(H,22,23)/b20-15+. The van der Waals surface area contributed by atoms with E-state index in [0.717, 1.165) is 5.56 Å². The van der Waals surface area contributed by atoms with Gasteiger partial charge in [0.25, 0.3) is 5.91 Å². The number of halogens is 2. The summed E-state index contributed by atoms with van der Waals surface area (Å²) in [4.78, 5) is 23.0. The molecule has 2 rings (SSSR count). The van der Waals surface area contributed by atoms with Crippen LogP contribution in [0.3, 0.4) is 0 Å². The van der Waals surface area contributed by atoms with Gasteiger partial charge in [-0.25, -0.2) is 5.43 Å². The number of aliphatic carboxylic acids is 1. The molecule has 0 bridgehead atoms. The molecule has 1 amide bonds. The summed E-state index contributed by atoms with van der Waals surface area (Å²) in [7, 11) is 0. The lowest BCUT2D eigenvalue weighted by atomic mass is 10.1. The van der Waals surface area contributed by atoms with Gasteiger partial charge in [-0.3, -0.25) is 9.59 Å². The molecular formula is C17H14Cl2N2O3. The smallest absolute Gasteiger partial charge is 0.303 e. The average Bonchev–Trinajstić information content (AvgIpc) is 2.55. The summed E-state index contributed by atoms with van der Waals surface area (Å²) in [6, 6.07) is 13.6. The third kappa shape index (κ3) is 5.08. The number of carboxylic acid groups (broad SMARTS) is 1. The summed E-state index contributed by atoms with van der Waals surface area (Å²) in [6.45, 7) is 0. The van der Waals surface area contributed by atoms with E-state index < -0.39 is 11.9 Å². The molecule has 0 aliphatic rings. The normalized spacial score (nSPS) is 11.2. The number of hydrogen-bond acceptors (Lipinski definition) is 3. The number of amides is 1. The van der Waals surface area contributed by atoms with E-state index in [4.69, 9.17) is 28.3 Å². The van der Waals surface area contributed by atoms with Crippen LogP contribution >= 0.6 is 23.2 Å². The molecule has 0 aliphatic heterocycles. The molecule has 24 heavy (non-hydrogen) atoms. The number of carbonyl (C=O) groups is 2. The van der Waals surface area contributed by atoms with Gasteiger partial charge in [-0.05, 0) is 23.8 Å². The molecule has 0 spiro atoms. The van der Waals surface area contributed by atoms with Crippen molar-refractivity contribution < 1.29 is 14.7 Å². The zero-order valence-electron chi connectivity index (χ0n) is 12.5. The Labute approximate surface area is 148 Å². The third-order valence-electron chi connectivity index (χ3n) is 3.15. The number of hydrazone groups is 1. The van der Waals surface area contributed by atoms with Crippen molar-refractivity contribution in [3.63, 3.8) is 0 Å². The first-order valence-electron chi connectivity index (χ1n) is 7.06. The van der Waals surface area contributed by atoms with Gasteiger partial charge in [-0.2, -0.15) is 5.10 Å².